The molecule has 2 aromatic carbocycles. The number of carbonyl (C=O) groups is 1. The topological polar surface area (TPSA) is 75.3 Å². The highest BCUT2D eigenvalue weighted by molar-refractivity contribution is 8.01. The standard InChI is InChI=1S/C20H22N2O3S2/c23-18(19(11-12-19)26-16-7-3-1-4-8-16)22-20(13-14-21-15-20)27(24,25)17-9-5-2-6-10-17/h1-10,21H,11-15H2,(H,22,23)/t20-/m0/s1. The lowest BCUT2D eigenvalue weighted by atomic mass is 10.2. The van der Waals surface area contributed by atoms with Gasteiger partial charge in [-0.15, -0.1) is 11.8 Å². The molecule has 0 bridgehead atoms. The van der Waals surface area contributed by atoms with Crippen molar-refractivity contribution in [2.75, 3.05) is 13.1 Å². The molecule has 7 heteroatoms. The molecule has 2 aliphatic rings. The molecular weight excluding hydrogens is 380 g/mol. The zero-order chi connectivity index (χ0) is 19.0. The average Bonchev–Trinajstić information content (AvgIpc) is 3.31. The van der Waals surface area contributed by atoms with Gasteiger partial charge in [0.15, 0.2) is 4.87 Å². The minimum absolute atomic E-state index is 0.181. The SMILES string of the molecule is O=C(N[C@]1(S(=O)(=O)c2ccccc2)CCNC1)C1(Sc2ccccc2)CC1. The Hall–Kier alpha value is -1.83. The van der Waals surface area contributed by atoms with E-state index in [1.54, 1.807) is 30.3 Å². The van der Waals surface area contributed by atoms with Crippen LogP contribution in [0.5, 0.6) is 0 Å². The van der Waals surface area contributed by atoms with Crippen LogP contribution in [0.15, 0.2) is 70.5 Å². The van der Waals surface area contributed by atoms with Crippen molar-refractivity contribution in [3.05, 3.63) is 60.7 Å². The molecule has 0 radical (unpaired) electrons. The fourth-order valence-electron chi connectivity index (χ4n) is 3.42. The van der Waals surface area contributed by atoms with E-state index >= 15 is 0 Å². The first kappa shape index (κ1) is 18.5. The van der Waals surface area contributed by atoms with E-state index in [2.05, 4.69) is 10.6 Å². The van der Waals surface area contributed by atoms with E-state index in [9.17, 15) is 13.2 Å². The molecule has 5 nitrogen and oxygen atoms in total. The minimum atomic E-state index is -3.70. The van der Waals surface area contributed by atoms with Crippen molar-refractivity contribution in [2.45, 2.75) is 38.7 Å². The fourth-order valence-corrected chi connectivity index (χ4v) is 6.47. The number of rotatable bonds is 6. The predicted molar refractivity (Wildman–Crippen MR) is 106 cm³/mol. The van der Waals surface area contributed by atoms with Gasteiger partial charge in [0.1, 0.15) is 0 Å². The number of hydrogen-bond donors (Lipinski definition) is 2. The normalized spacial score (nSPS) is 23.7. The number of hydrogen-bond acceptors (Lipinski definition) is 5. The summed E-state index contributed by atoms with van der Waals surface area (Å²) in [5.74, 6) is -0.181. The van der Waals surface area contributed by atoms with Crippen molar-refractivity contribution in [1.29, 1.82) is 0 Å². The van der Waals surface area contributed by atoms with Crippen LogP contribution in [-0.4, -0.2) is 37.0 Å². The van der Waals surface area contributed by atoms with Gasteiger partial charge in [0, 0.05) is 11.4 Å². The van der Waals surface area contributed by atoms with Crippen LogP contribution in [0.4, 0.5) is 0 Å². The lowest BCUT2D eigenvalue weighted by molar-refractivity contribution is -0.122. The van der Waals surface area contributed by atoms with Gasteiger partial charge in [-0.2, -0.15) is 0 Å². The summed E-state index contributed by atoms with van der Waals surface area (Å²) in [5, 5.41) is 6.06. The maximum Gasteiger partial charge on any atom is 0.237 e. The molecule has 142 valence electrons. The summed E-state index contributed by atoms with van der Waals surface area (Å²) in [4.78, 5) is 13.1. The van der Waals surface area contributed by atoms with Crippen LogP contribution < -0.4 is 10.6 Å². The number of carbonyl (C=O) groups excluding carboxylic acids is 1. The van der Waals surface area contributed by atoms with E-state index in [0.717, 1.165) is 17.7 Å². The van der Waals surface area contributed by atoms with Crippen molar-refractivity contribution in [1.82, 2.24) is 10.6 Å². The molecule has 2 N–H and O–H groups in total. The van der Waals surface area contributed by atoms with Crippen LogP contribution >= 0.6 is 11.8 Å². The zero-order valence-corrected chi connectivity index (χ0v) is 16.5. The molecule has 1 aliphatic heterocycles. The minimum Gasteiger partial charge on any atom is -0.334 e. The first-order chi connectivity index (χ1) is 13.0. The molecule has 1 amide bonds. The molecular formula is C20H22N2O3S2. The highest BCUT2D eigenvalue weighted by atomic mass is 32.2. The van der Waals surface area contributed by atoms with Crippen molar-refractivity contribution in [3.8, 4) is 0 Å². The lowest BCUT2D eigenvalue weighted by Gasteiger charge is -2.31. The molecule has 4 rings (SSSR count). The van der Waals surface area contributed by atoms with Crippen molar-refractivity contribution in [2.24, 2.45) is 0 Å². The highest BCUT2D eigenvalue weighted by Crippen LogP contribution is 2.52. The Morgan fingerprint density at radius 1 is 0.963 bits per heavy atom. The molecule has 1 aliphatic carbocycles. The Balaban J connectivity index is 1.60. The molecule has 2 aromatic rings. The van der Waals surface area contributed by atoms with Gasteiger partial charge in [-0.1, -0.05) is 36.4 Å². The molecule has 1 heterocycles. The monoisotopic (exact) mass is 402 g/mol. The first-order valence-corrected chi connectivity index (χ1v) is 11.3. The second-order valence-electron chi connectivity index (χ2n) is 7.10. The van der Waals surface area contributed by atoms with E-state index in [1.165, 1.54) is 11.8 Å². The first-order valence-electron chi connectivity index (χ1n) is 9.05. The van der Waals surface area contributed by atoms with E-state index in [4.69, 9.17) is 0 Å². The van der Waals surface area contributed by atoms with Crippen molar-refractivity contribution in [3.63, 3.8) is 0 Å². The molecule has 0 unspecified atom stereocenters. The smallest absolute Gasteiger partial charge is 0.237 e. The maximum atomic E-state index is 13.3. The third kappa shape index (κ3) is 3.39. The quantitative estimate of drug-likeness (QED) is 0.777. The lowest BCUT2D eigenvalue weighted by Crippen LogP contribution is -2.58. The summed E-state index contributed by atoms with van der Waals surface area (Å²) >= 11 is 1.53. The molecule has 1 atom stereocenters. The number of thioether (sulfide) groups is 1. The van der Waals surface area contributed by atoms with E-state index in [-0.39, 0.29) is 17.3 Å². The van der Waals surface area contributed by atoms with E-state index in [1.807, 2.05) is 30.3 Å². The second-order valence-corrected chi connectivity index (χ2v) is 10.8. The van der Waals surface area contributed by atoms with Crippen LogP contribution in [0.2, 0.25) is 0 Å². The van der Waals surface area contributed by atoms with Crippen molar-refractivity contribution >= 4 is 27.5 Å². The van der Waals surface area contributed by atoms with Gasteiger partial charge >= 0.3 is 0 Å². The van der Waals surface area contributed by atoms with Crippen LogP contribution in [0.3, 0.4) is 0 Å². The Kier molecular flexibility index (Phi) is 4.78. The van der Waals surface area contributed by atoms with Crippen LogP contribution in [0.1, 0.15) is 19.3 Å². The van der Waals surface area contributed by atoms with Crippen LogP contribution in [-0.2, 0) is 14.6 Å². The molecule has 0 spiro atoms. The summed E-state index contributed by atoms with van der Waals surface area (Å²) in [7, 11) is -3.70. The van der Waals surface area contributed by atoms with Gasteiger partial charge in [0.25, 0.3) is 0 Å². The maximum absolute atomic E-state index is 13.3. The van der Waals surface area contributed by atoms with E-state index < -0.39 is 19.5 Å². The third-order valence-corrected chi connectivity index (χ3v) is 9.06. The Morgan fingerprint density at radius 3 is 2.15 bits per heavy atom. The van der Waals surface area contributed by atoms with Crippen LogP contribution in [0, 0.1) is 0 Å². The van der Waals surface area contributed by atoms with Gasteiger partial charge < -0.3 is 10.6 Å². The van der Waals surface area contributed by atoms with E-state index in [0.29, 0.717) is 13.0 Å². The summed E-state index contributed by atoms with van der Waals surface area (Å²) in [5.41, 5.74) is 0. The largest absolute Gasteiger partial charge is 0.334 e. The second kappa shape index (κ2) is 6.96. The summed E-state index contributed by atoms with van der Waals surface area (Å²) in [6.07, 6.45) is 1.88. The summed E-state index contributed by atoms with van der Waals surface area (Å²) < 4.78 is 26.1. The number of benzene rings is 2. The third-order valence-electron chi connectivity index (χ3n) is 5.20. The number of amides is 1. The zero-order valence-electron chi connectivity index (χ0n) is 14.9. The van der Waals surface area contributed by atoms with Gasteiger partial charge in [-0.25, -0.2) is 8.42 Å². The average molecular weight is 403 g/mol. The Bertz CT molecular complexity index is 920. The van der Waals surface area contributed by atoms with Gasteiger partial charge in [-0.3, -0.25) is 4.79 Å². The Morgan fingerprint density at radius 2 is 1.59 bits per heavy atom. The van der Waals surface area contributed by atoms with Gasteiger partial charge in [-0.05, 0) is 50.1 Å². The molecule has 27 heavy (non-hydrogen) atoms. The number of nitrogens with one attached hydrogen (secondary N) is 2. The molecule has 1 saturated heterocycles. The fraction of sp³-hybridized carbons (Fsp3) is 0.350. The predicted octanol–water partition coefficient (Wildman–Crippen LogP) is 2.59. The van der Waals surface area contributed by atoms with Crippen molar-refractivity contribution < 1.29 is 13.2 Å². The van der Waals surface area contributed by atoms with Crippen LogP contribution in [0.25, 0.3) is 0 Å². The summed E-state index contributed by atoms with van der Waals surface area (Å²) in [6.45, 7) is 0.785. The molecule has 0 aromatic heterocycles. The number of sulfone groups is 1. The van der Waals surface area contributed by atoms with Gasteiger partial charge in [0.2, 0.25) is 15.7 Å². The highest BCUT2D eigenvalue weighted by Gasteiger charge is 2.56. The summed E-state index contributed by atoms with van der Waals surface area (Å²) in [6, 6.07) is 18.2. The van der Waals surface area contributed by atoms with Gasteiger partial charge in [0.05, 0.1) is 9.64 Å². The molecule has 2 fully saturated rings. The Labute approximate surface area is 163 Å². The molecule has 1 saturated carbocycles.